The molecular formula is C14H15Cl2FN2. The van der Waals surface area contributed by atoms with Crippen molar-refractivity contribution < 1.29 is 4.39 Å². The van der Waals surface area contributed by atoms with Crippen LogP contribution in [0.15, 0.2) is 24.3 Å². The van der Waals surface area contributed by atoms with Gasteiger partial charge in [-0.25, -0.2) is 9.07 Å². The molecule has 5 heteroatoms. The van der Waals surface area contributed by atoms with E-state index in [1.165, 1.54) is 16.8 Å². The second-order valence-electron chi connectivity index (χ2n) is 5.39. The molecule has 0 aliphatic heterocycles. The van der Waals surface area contributed by atoms with Gasteiger partial charge in [-0.1, -0.05) is 38.4 Å². The number of benzene rings is 1. The Labute approximate surface area is 122 Å². The van der Waals surface area contributed by atoms with Gasteiger partial charge in [0, 0.05) is 11.0 Å². The highest BCUT2D eigenvalue weighted by molar-refractivity contribution is 6.31. The molecule has 2 aromatic rings. The van der Waals surface area contributed by atoms with Crippen molar-refractivity contribution in [1.29, 1.82) is 0 Å². The zero-order chi connectivity index (χ0) is 14.2. The van der Waals surface area contributed by atoms with Gasteiger partial charge in [0.05, 0.1) is 17.3 Å². The van der Waals surface area contributed by atoms with Crippen molar-refractivity contribution in [2.75, 3.05) is 0 Å². The third-order valence-corrected chi connectivity index (χ3v) is 3.47. The molecule has 0 fully saturated rings. The molecule has 102 valence electrons. The minimum atomic E-state index is -0.325. The largest absolute Gasteiger partial charge is 0.221 e. The minimum Gasteiger partial charge on any atom is -0.221 e. The van der Waals surface area contributed by atoms with Crippen LogP contribution in [0.2, 0.25) is 5.15 Å². The molecule has 0 unspecified atom stereocenters. The highest BCUT2D eigenvalue weighted by Gasteiger charge is 2.26. The summed E-state index contributed by atoms with van der Waals surface area (Å²) in [5.41, 5.74) is 2.04. The number of nitrogens with zero attached hydrogens (tertiary/aromatic N) is 2. The lowest BCUT2D eigenvalue weighted by Gasteiger charge is -2.16. The second-order valence-corrected chi connectivity index (χ2v) is 6.02. The molecule has 0 amide bonds. The summed E-state index contributed by atoms with van der Waals surface area (Å²) in [6.45, 7) is 6.12. The fourth-order valence-electron chi connectivity index (χ4n) is 1.93. The van der Waals surface area contributed by atoms with E-state index in [1.807, 2.05) is 20.8 Å². The molecule has 1 aromatic carbocycles. The molecule has 0 radical (unpaired) electrons. The monoisotopic (exact) mass is 300 g/mol. The normalized spacial score (nSPS) is 11.9. The molecule has 0 spiro atoms. The van der Waals surface area contributed by atoms with Crippen LogP contribution >= 0.6 is 23.2 Å². The Morgan fingerprint density at radius 1 is 1.32 bits per heavy atom. The van der Waals surface area contributed by atoms with E-state index in [1.54, 1.807) is 12.1 Å². The molecular weight excluding hydrogens is 286 g/mol. The summed E-state index contributed by atoms with van der Waals surface area (Å²) in [5.74, 6) is -0.0467. The molecule has 0 N–H and O–H groups in total. The Morgan fingerprint density at radius 3 is 2.47 bits per heavy atom. The van der Waals surface area contributed by atoms with E-state index in [9.17, 15) is 4.39 Å². The van der Waals surface area contributed by atoms with E-state index < -0.39 is 0 Å². The molecule has 0 saturated heterocycles. The molecule has 0 bridgehead atoms. The number of hydrogen-bond acceptors (Lipinski definition) is 1. The van der Waals surface area contributed by atoms with Gasteiger partial charge >= 0.3 is 0 Å². The predicted molar refractivity (Wildman–Crippen MR) is 76.8 cm³/mol. The van der Waals surface area contributed by atoms with Gasteiger partial charge in [-0.3, -0.25) is 0 Å². The van der Waals surface area contributed by atoms with Crippen LogP contribution in [0.3, 0.4) is 0 Å². The van der Waals surface area contributed by atoms with Gasteiger partial charge in [0.25, 0.3) is 0 Å². The summed E-state index contributed by atoms with van der Waals surface area (Å²) in [7, 11) is 0. The summed E-state index contributed by atoms with van der Waals surface area (Å²) in [4.78, 5) is 0. The molecule has 0 atom stereocenters. The third kappa shape index (κ3) is 2.77. The maximum atomic E-state index is 13.3. The van der Waals surface area contributed by atoms with E-state index in [-0.39, 0.29) is 17.1 Å². The van der Waals surface area contributed by atoms with Gasteiger partial charge in [-0.2, -0.15) is 5.10 Å². The molecule has 0 saturated carbocycles. The first kappa shape index (κ1) is 14.4. The van der Waals surface area contributed by atoms with E-state index in [2.05, 4.69) is 5.10 Å². The van der Waals surface area contributed by atoms with Crippen molar-refractivity contribution in [3.63, 3.8) is 0 Å². The van der Waals surface area contributed by atoms with Crippen LogP contribution in [0.4, 0.5) is 4.39 Å². The number of rotatable bonds is 2. The van der Waals surface area contributed by atoms with Crippen LogP contribution < -0.4 is 0 Å². The van der Waals surface area contributed by atoms with Crippen LogP contribution in [-0.4, -0.2) is 9.78 Å². The summed E-state index contributed by atoms with van der Waals surface area (Å²) in [5, 5.41) is 4.93. The lowest BCUT2D eigenvalue weighted by Crippen LogP contribution is -2.14. The van der Waals surface area contributed by atoms with Crippen LogP contribution in [0, 0.1) is 5.82 Å². The fourth-order valence-corrected chi connectivity index (χ4v) is 2.54. The average molecular weight is 301 g/mol. The van der Waals surface area contributed by atoms with Gasteiger partial charge in [0.1, 0.15) is 11.0 Å². The summed E-state index contributed by atoms with van der Waals surface area (Å²) < 4.78 is 14.8. The van der Waals surface area contributed by atoms with Crippen molar-refractivity contribution >= 4 is 23.2 Å². The maximum Gasteiger partial charge on any atom is 0.137 e. The number of alkyl halides is 1. The van der Waals surface area contributed by atoms with E-state index >= 15 is 0 Å². The molecule has 2 nitrogen and oxygen atoms in total. The quantitative estimate of drug-likeness (QED) is 0.735. The molecule has 1 aromatic heterocycles. The maximum absolute atomic E-state index is 13.3. The van der Waals surface area contributed by atoms with Crippen molar-refractivity contribution in [3.05, 3.63) is 46.5 Å². The summed E-state index contributed by atoms with van der Waals surface area (Å²) in [6, 6.07) is 6.16. The van der Waals surface area contributed by atoms with Crippen LogP contribution in [0.5, 0.6) is 0 Å². The highest BCUT2D eigenvalue weighted by Crippen LogP contribution is 2.32. The Kier molecular flexibility index (Phi) is 3.88. The van der Waals surface area contributed by atoms with Gasteiger partial charge in [0.15, 0.2) is 0 Å². The lowest BCUT2D eigenvalue weighted by molar-refractivity contribution is 0.556. The fraction of sp³-hybridized carbons (Fsp3) is 0.357. The Bertz CT molecular complexity index is 600. The number of aromatic nitrogens is 2. The number of hydrogen-bond donors (Lipinski definition) is 0. The van der Waals surface area contributed by atoms with Crippen molar-refractivity contribution in [1.82, 2.24) is 9.78 Å². The Balaban J connectivity index is 2.63. The third-order valence-electron chi connectivity index (χ3n) is 2.82. The van der Waals surface area contributed by atoms with Gasteiger partial charge in [-0.15, -0.1) is 11.6 Å². The van der Waals surface area contributed by atoms with Crippen LogP contribution in [-0.2, 0) is 11.3 Å². The molecule has 0 aliphatic rings. The average Bonchev–Trinajstić information content (AvgIpc) is 2.66. The van der Waals surface area contributed by atoms with Gasteiger partial charge < -0.3 is 0 Å². The summed E-state index contributed by atoms with van der Waals surface area (Å²) >= 11 is 12.3. The first-order valence-electron chi connectivity index (χ1n) is 5.94. The van der Waals surface area contributed by atoms with Crippen LogP contribution in [0.25, 0.3) is 5.69 Å². The zero-order valence-corrected chi connectivity index (χ0v) is 12.6. The van der Waals surface area contributed by atoms with E-state index in [0.717, 1.165) is 11.3 Å². The van der Waals surface area contributed by atoms with Gasteiger partial charge in [0.2, 0.25) is 0 Å². The van der Waals surface area contributed by atoms with Crippen LogP contribution in [0.1, 0.15) is 32.0 Å². The minimum absolute atomic E-state index is 0.174. The van der Waals surface area contributed by atoms with Crippen molar-refractivity contribution in [2.45, 2.75) is 32.1 Å². The lowest BCUT2D eigenvalue weighted by atomic mass is 9.90. The first-order valence-corrected chi connectivity index (χ1v) is 6.85. The molecule has 19 heavy (non-hydrogen) atoms. The first-order chi connectivity index (χ1) is 8.84. The Hall–Kier alpha value is -1.06. The molecule has 0 aliphatic carbocycles. The van der Waals surface area contributed by atoms with E-state index in [0.29, 0.717) is 10.8 Å². The Morgan fingerprint density at radius 2 is 2.00 bits per heavy atom. The molecule has 2 rings (SSSR count). The number of halogens is 3. The topological polar surface area (TPSA) is 17.8 Å². The summed E-state index contributed by atoms with van der Waals surface area (Å²) in [6.07, 6.45) is 0. The van der Waals surface area contributed by atoms with Gasteiger partial charge in [-0.05, 0) is 18.2 Å². The van der Waals surface area contributed by atoms with Crippen molar-refractivity contribution in [3.8, 4) is 5.69 Å². The predicted octanol–water partition coefficient (Wildman–Crippen LogP) is 4.70. The van der Waals surface area contributed by atoms with E-state index in [4.69, 9.17) is 23.2 Å². The smallest absolute Gasteiger partial charge is 0.137 e. The van der Waals surface area contributed by atoms with Crippen molar-refractivity contribution in [2.24, 2.45) is 0 Å². The zero-order valence-electron chi connectivity index (χ0n) is 11.0. The standard InChI is InChI=1S/C14H15Cl2FN2/c1-14(2,3)12-11(8-15)13(16)19(18-12)10-6-4-5-9(17)7-10/h4-7H,8H2,1-3H3. The molecule has 1 heterocycles. The SMILES string of the molecule is CC(C)(C)c1nn(-c2cccc(F)c2)c(Cl)c1CCl. The second kappa shape index (κ2) is 5.14. The highest BCUT2D eigenvalue weighted by atomic mass is 35.5.